The van der Waals surface area contributed by atoms with Crippen molar-refractivity contribution in [1.29, 1.82) is 0 Å². The predicted molar refractivity (Wildman–Crippen MR) is 133 cm³/mol. The van der Waals surface area contributed by atoms with Crippen molar-refractivity contribution in [3.05, 3.63) is 94.9 Å². The average molecular weight is 455 g/mol. The summed E-state index contributed by atoms with van der Waals surface area (Å²) in [6, 6.07) is 22.4. The summed E-state index contributed by atoms with van der Waals surface area (Å²) in [6.45, 7) is 10.0. The number of furan rings is 1. The van der Waals surface area contributed by atoms with Crippen LogP contribution in [0.4, 0.5) is 0 Å². The number of hydrogen-bond donors (Lipinski definition) is 0. The molecule has 0 atom stereocenters. The SMILES string of the molecule is Cc1ccc(-n2nc(-c3ccc(C)o3)cc2C(=O)N2CCN(Cc3ccccc3)CC2)c(C)c1. The summed E-state index contributed by atoms with van der Waals surface area (Å²) in [5, 5.41) is 4.81. The van der Waals surface area contributed by atoms with Gasteiger partial charge in [0.2, 0.25) is 0 Å². The summed E-state index contributed by atoms with van der Waals surface area (Å²) in [4.78, 5) is 18.0. The van der Waals surface area contributed by atoms with E-state index in [-0.39, 0.29) is 5.91 Å². The standard InChI is InChI=1S/C28H30N4O2/c1-20-9-11-25(21(2)17-20)32-26(18-24(29-32)27-12-10-22(3)34-27)28(33)31-15-13-30(14-16-31)19-23-7-5-4-6-8-23/h4-12,17-18H,13-16,19H2,1-3H3. The molecule has 4 aromatic rings. The monoisotopic (exact) mass is 454 g/mol. The van der Waals surface area contributed by atoms with Gasteiger partial charge in [0.25, 0.3) is 5.91 Å². The van der Waals surface area contributed by atoms with Crippen LogP contribution in [0.3, 0.4) is 0 Å². The summed E-state index contributed by atoms with van der Waals surface area (Å²) in [6.07, 6.45) is 0. The molecule has 1 fully saturated rings. The van der Waals surface area contributed by atoms with E-state index in [1.807, 2.05) is 42.2 Å². The normalized spacial score (nSPS) is 14.5. The molecule has 3 heterocycles. The van der Waals surface area contributed by atoms with E-state index in [0.717, 1.165) is 36.6 Å². The lowest BCUT2D eigenvalue weighted by Crippen LogP contribution is -2.48. The second-order valence-electron chi connectivity index (χ2n) is 9.08. The molecule has 0 spiro atoms. The van der Waals surface area contributed by atoms with E-state index in [9.17, 15) is 4.79 Å². The highest BCUT2D eigenvalue weighted by atomic mass is 16.3. The molecular weight excluding hydrogens is 424 g/mol. The minimum absolute atomic E-state index is 0.00126. The zero-order valence-electron chi connectivity index (χ0n) is 20.0. The van der Waals surface area contributed by atoms with Crippen molar-refractivity contribution < 1.29 is 9.21 Å². The van der Waals surface area contributed by atoms with Crippen LogP contribution in [0.5, 0.6) is 0 Å². The van der Waals surface area contributed by atoms with Gasteiger partial charge in [-0.3, -0.25) is 9.69 Å². The molecule has 34 heavy (non-hydrogen) atoms. The molecule has 2 aromatic carbocycles. The fourth-order valence-corrected chi connectivity index (χ4v) is 4.57. The number of hydrogen-bond acceptors (Lipinski definition) is 4. The molecule has 0 aliphatic carbocycles. The molecule has 0 radical (unpaired) electrons. The van der Waals surface area contributed by atoms with Crippen LogP contribution >= 0.6 is 0 Å². The third-order valence-corrected chi connectivity index (χ3v) is 6.41. The van der Waals surface area contributed by atoms with Crippen molar-refractivity contribution in [2.24, 2.45) is 0 Å². The quantitative estimate of drug-likeness (QED) is 0.425. The van der Waals surface area contributed by atoms with Gasteiger partial charge in [0, 0.05) is 38.8 Å². The highest BCUT2D eigenvalue weighted by molar-refractivity contribution is 5.94. The van der Waals surface area contributed by atoms with Gasteiger partial charge in [0.15, 0.2) is 5.76 Å². The van der Waals surface area contributed by atoms with Crippen molar-refractivity contribution in [3.8, 4) is 17.1 Å². The Hall–Kier alpha value is -3.64. The fourth-order valence-electron chi connectivity index (χ4n) is 4.57. The summed E-state index contributed by atoms with van der Waals surface area (Å²) < 4.78 is 7.59. The molecule has 1 aliphatic rings. The number of carbonyl (C=O) groups excluding carboxylic acids is 1. The predicted octanol–water partition coefficient (Wildman–Crippen LogP) is 5.02. The van der Waals surface area contributed by atoms with Crippen LogP contribution in [0, 0.1) is 20.8 Å². The lowest BCUT2D eigenvalue weighted by atomic mass is 10.1. The molecule has 5 rings (SSSR count). The maximum absolute atomic E-state index is 13.7. The molecule has 6 nitrogen and oxygen atoms in total. The number of piperazine rings is 1. The van der Waals surface area contributed by atoms with Crippen molar-refractivity contribution in [1.82, 2.24) is 19.6 Å². The van der Waals surface area contributed by atoms with Crippen LogP contribution in [0.1, 0.15) is 32.9 Å². The Morgan fingerprint density at radius 3 is 2.35 bits per heavy atom. The number of aryl methyl sites for hydroxylation is 3. The summed E-state index contributed by atoms with van der Waals surface area (Å²) in [7, 11) is 0. The maximum Gasteiger partial charge on any atom is 0.272 e. The maximum atomic E-state index is 13.7. The van der Waals surface area contributed by atoms with E-state index in [0.29, 0.717) is 30.2 Å². The van der Waals surface area contributed by atoms with Gasteiger partial charge in [-0.15, -0.1) is 0 Å². The number of nitrogens with zero attached hydrogens (tertiary/aromatic N) is 4. The molecule has 174 valence electrons. The fraction of sp³-hybridized carbons (Fsp3) is 0.286. The van der Waals surface area contributed by atoms with Gasteiger partial charge in [0.1, 0.15) is 17.1 Å². The van der Waals surface area contributed by atoms with Crippen LogP contribution in [0.25, 0.3) is 17.1 Å². The first-order valence-electron chi connectivity index (χ1n) is 11.8. The molecule has 1 amide bonds. The Morgan fingerprint density at radius 2 is 1.68 bits per heavy atom. The van der Waals surface area contributed by atoms with E-state index in [2.05, 4.69) is 55.1 Å². The zero-order chi connectivity index (χ0) is 23.7. The molecule has 0 saturated carbocycles. The molecule has 0 N–H and O–H groups in total. The molecule has 0 bridgehead atoms. The van der Waals surface area contributed by atoms with Crippen LogP contribution < -0.4 is 0 Å². The van der Waals surface area contributed by atoms with Crippen molar-refractivity contribution in [2.75, 3.05) is 26.2 Å². The van der Waals surface area contributed by atoms with Crippen LogP contribution in [-0.4, -0.2) is 51.7 Å². The first kappa shape index (κ1) is 22.2. The Morgan fingerprint density at radius 1 is 0.912 bits per heavy atom. The van der Waals surface area contributed by atoms with E-state index >= 15 is 0 Å². The molecule has 1 saturated heterocycles. The summed E-state index contributed by atoms with van der Waals surface area (Å²) >= 11 is 0. The number of benzene rings is 2. The van der Waals surface area contributed by atoms with E-state index < -0.39 is 0 Å². The van der Waals surface area contributed by atoms with Gasteiger partial charge in [-0.2, -0.15) is 5.10 Å². The smallest absolute Gasteiger partial charge is 0.272 e. The van der Waals surface area contributed by atoms with Crippen LogP contribution in [-0.2, 0) is 6.54 Å². The minimum Gasteiger partial charge on any atom is -0.460 e. The number of amides is 1. The Balaban J connectivity index is 1.40. The highest BCUT2D eigenvalue weighted by Gasteiger charge is 2.27. The van der Waals surface area contributed by atoms with Crippen LogP contribution in [0.15, 0.2) is 71.1 Å². The van der Waals surface area contributed by atoms with Gasteiger partial charge >= 0.3 is 0 Å². The number of aromatic nitrogens is 2. The second kappa shape index (κ2) is 9.31. The topological polar surface area (TPSA) is 54.5 Å². The van der Waals surface area contributed by atoms with Gasteiger partial charge < -0.3 is 9.32 Å². The third kappa shape index (κ3) is 4.54. The Bertz CT molecular complexity index is 1300. The van der Waals surface area contributed by atoms with Crippen molar-refractivity contribution >= 4 is 5.91 Å². The third-order valence-electron chi connectivity index (χ3n) is 6.41. The molecule has 6 heteroatoms. The average Bonchev–Trinajstić information content (AvgIpc) is 3.46. The second-order valence-corrected chi connectivity index (χ2v) is 9.08. The lowest BCUT2D eigenvalue weighted by molar-refractivity contribution is 0.0619. The number of carbonyl (C=O) groups is 1. The van der Waals surface area contributed by atoms with Gasteiger partial charge in [-0.25, -0.2) is 4.68 Å². The van der Waals surface area contributed by atoms with Gasteiger partial charge in [0.05, 0.1) is 5.69 Å². The zero-order valence-corrected chi connectivity index (χ0v) is 20.0. The first-order valence-corrected chi connectivity index (χ1v) is 11.8. The van der Waals surface area contributed by atoms with E-state index in [1.54, 1.807) is 4.68 Å². The largest absolute Gasteiger partial charge is 0.460 e. The summed E-state index contributed by atoms with van der Waals surface area (Å²) in [5.74, 6) is 1.49. The highest BCUT2D eigenvalue weighted by Crippen LogP contribution is 2.26. The molecule has 0 unspecified atom stereocenters. The van der Waals surface area contributed by atoms with Crippen molar-refractivity contribution in [3.63, 3.8) is 0 Å². The number of rotatable bonds is 5. The van der Waals surface area contributed by atoms with Crippen LogP contribution in [0.2, 0.25) is 0 Å². The minimum atomic E-state index is 0.00126. The lowest BCUT2D eigenvalue weighted by Gasteiger charge is -2.34. The Labute approximate surface area is 200 Å². The van der Waals surface area contributed by atoms with Gasteiger partial charge in [-0.05, 0) is 50.1 Å². The molecule has 1 aliphatic heterocycles. The Kier molecular flexibility index (Phi) is 6.07. The van der Waals surface area contributed by atoms with E-state index in [1.165, 1.54) is 11.1 Å². The molecular formula is C28H30N4O2. The van der Waals surface area contributed by atoms with Crippen molar-refractivity contribution in [2.45, 2.75) is 27.3 Å². The van der Waals surface area contributed by atoms with E-state index in [4.69, 9.17) is 9.52 Å². The summed E-state index contributed by atoms with van der Waals surface area (Å²) in [5.41, 5.74) is 5.69. The first-order chi connectivity index (χ1) is 16.5. The molecule has 2 aromatic heterocycles. The van der Waals surface area contributed by atoms with Gasteiger partial charge in [-0.1, -0.05) is 48.0 Å².